The zero-order valence-electron chi connectivity index (χ0n) is 10.7. The minimum Gasteiger partial charge on any atom is -0.377 e. The Hall–Kier alpha value is -0.120. The van der Waals surface area contributed by atoms with Crippen molar-refractivity contribution in [2.75, 3.05) is 26.2 Å². The quantitative estimate of drug-likeness (QED) is 0.788. The molecule has 16 heavy (non-hydrogen) atoms. The molecular formula is C13H26N2O. The van der Waals surface area contributed by atoms with Crippen molar-refractivity contribution < 1.29 is 4.74 Å². The van der Waals surface area contributed by atoms with Crippen LogP contribution in [0.1, 0.15) is 39.5 Å². The SMILES string of the molecule is CCN(CC1CCCCN1)C1CCOC1C. The van der Waals surface area contributed by atoms with Gasteiger partial charge < -0.3 is 10.1 Å². The van der Waals surface area contributed by atoms with Crippen molar-refractivity contribution in [1.29, 1.82) is 0 Å². The maximum Gasteiger partial charge on any atom is 0.0703 e. The van der Waals surface area contributed by atoms with Crippen LogP contribution in [-0.4, -0.2) is 49.3 Å². The molecule has 2 rings (SSSR count). The monoisotopic (exact) mass is 226 g/mol. The largest absolute Gasteiger partial charge is 0.377 e. The van der Waals surface area contributed by atoms with Gasteiger partial charge in [0.05, 0.1) is 6.10 Å². The standard InChI is InChI=1S/C13H26N2O/c1-3-15(13-7-9-16-11(13)2)10-12-6-4-5-8-14-12/h11-14H,3-10H2,1-2H3. The van der Waals surface area contributed by atoms with Gasteiger partial charge in [0.25, 0.3) is 0 Å². The maximum absolute atomic E-state index is 5.68. The van der Waals surface area contributed by atoms with Crippen LogP contribution in [0, 0.1) is 0 Å². The van der Waals surface area contributed by atoms with Gasteiger partial charge in [-0.3, -0.25) is 4.90 Å². The van der Waals surface area contributed by atoms with E-state index in [-0.39, 0.29) is 0 Å². The van der Waals surface area contributed by atoms with Crippen molar-refractivity contribution in [3.8, 4) is 0 Å². The molecule has 3 atom stereocenters. The highest BCUT2D eigenvalue weighted by molar-refractivity contribution is 4.85. The molecule has 0 amide bonds. The first kappa shape index (κ1) is 12.3. The van der Waals surface area contributed by atoms with Gasteiger partial charge in [-0.25, -0.2) is 0 Å². The lowest BCUT2D eigenvalue weighted by molar-refractivity contribution is 0.0703. The molecule has 2 saturated heterocycles. The fourth-order valence-electron chi connectivity index (χ4n) is 3.06. The smallest absolute Gasteiger partial charge is 0.0703 e. The summed E-state index contributed by atoms with van der Waals surface area (Å²) < 4.78 is 5.68. The van der Waals surface area contributed by atoms with E-state index in [4.69, 9.17) is 4.74 Å². The van der Waals surface area contributed by atoms with Gasteiger partial charge in [0, 0.05) is 25.2 Å². The summed E-state index contributed by atoms with van der Waals surface area (Å²) >= 11 is 0. The van der Waals surface area contributed by atoms with E-state index >= 15 is 0 Å². The molecule has 1 N–H and O–H groups in total. The second-order valence-corrected chi connectivity index (χ2v) is 5.17. The fraction of sp³-hybridized carbons (Fsp3) is 1.00. The molecule has 2 aliphatic rings. The molecule has 3 heteroatoms. The lowest BCUT2D eigenvalue weighted by Gasteiger charge is -2.34. The third-order valence-electron chi connectivity index (χ3n) is 4.08. The topological polar surface area (TPSA) is 24.5 Å². The van der Waals surface area contributed by atoms with Gasteiger partial charge in [0.2, 0.25) is 0 Å². The number of nitrogens with zero attached hydrogens (tertiary/aromatic N) is 1. The Morgan fingerprint density at radius 1 is 1.31 bits per heavy atom. The van der Waals surface area contributed by atoms with Crippen LogP contribution in [0.5, 0.6) is 0 Å². The van der Waals surface area contributed by atoms with Gasteiger partial charge >= 0.3 is 0 Å². The van der Waals surface area contributed by atoms with Crippen LogP contribution in [0.15, 0.2) is 0 Å². The van der Waals surface area contributed by atoms with Gasteiger partial charge in [-0.2, -0.15) is 0 Å². The summed E-state index contributed by atoms with van der Waals surface area (Å²) in [6, 6.07) is 1.36. The van der Waals surface area contributed by atoms with Crippen LogP contribution in [0.2, 0.25) is 0 Å². The molecule has 2 fully saturated rings. The highest BCUT2D eigenvalue weighted by Gasteiger charge is 2.30. The van der Waals surface area contributed by atoms with Crippen LogP contribution >= 0.6 is 0 Å². The Morgan fingerprint density at radius 3 is 2.75 bits per heavy atom. The third-order valence-corrected chi connectivity index (χ3v) is 4.08. The summed E-state index contributed by atoms with van der Waals surface area (Å²) in [5.74, 6) is 0. The van der Waals surface area contributed by atoms with Crippen molar-refractivity contribution in [1.82, 2.24) is 10.2 Å². The van der Waals surface area contributed by atoms with E-state index in [2.05, 4.69) is 24.1 Å². The summed E-state index contributed by atoms with van der Waals surface area (Å²) in [5, 5.41) is 3.64. The van der Waals surface area contributed by atoms with E-state index < -0.39 is 0 Å². The first-order valence-electron chi connectivity index (χ1n) is 6.90. The molecule has 0 bridgehead atoms. The molecular weight excluding hydrogens is 200 g/mol. The maximum atomic E-state index is 5.68. The third kappa shape index (κ3) is 2.96. The highest BCUT2D eigenvalue weighted by Crippen LogP contribution is 2.20. The van der Waals surface area contributed by atoms with Crippen LogP contribution in [0.25, 0.3) is 0 Å². The van der Waals surface area contributed by atoms with Crippen LogP contribution in [0.4, 0.5) is 0 Å². The summed E-state index contributed by atoms with van der Waals surface area (Å²) in [4.78, 5) is 2.61. The molecule has 0 radical (unpaired) electrons. The van der Waals surface area contributed by atoms with Gasteiger partial charge in [0.15, 0.2) is 0 Å². The highest BCUT2D eigenvalue weighted by atomic mass is 16.5. The molecule has 3 nitrogen and oxygen atoms in total. The van der Waals surface area contributed by atoms with Crippen molar-refractivity contribution in [3.05, 3.63) is 0 Å². The average Bonchev–Trinajstić information content (AvgIpc) is 2.74. The van der Waals surface area contributed by atoms with E-state index in [0.717, 1.165) is 13.2 Å². The van der Waals surface area contributed by atoms with Crippen LogP contribution in [-0.2, 0) is 4.74 Å². The predicted molar refractivity (Wildman–Crippen MR) is 66.7 cm³/mol. The normalized spacial score (nSPS) is 35.8. The molecule has 2 heterocycles. The molecule has 2 aliphatic heterocycles. The molecule has 3 unspecified atom stereocenters. The summed E-state index contributed by atoms with van der Waals surface area (Å²) in [7, 11) is 0. The second-order valence-electron chi connectivity index (χ2n) is 5.17. The Kier molecular flexibility index (Phi) is 4.62. The van der Waals surface area contributed by atoms with E-state index in [1.807, 2.05) is 0 Å². The van der Waals surface area contributed by atoms with Gasteiger partial charge in [-0.1, -0.05) is 13.3 Å². The number of nitrogens with one attached hydrogen (secondary N) is 1. The molecule has 94 valence electrons. The number of hydrogen-bond acceptors (Lipinski definition) is 3. The minimum absolute atomic E-state index is 0.420. The zero-order chi connectivity index (χ0) is 11.4. The van der Waals surface area contributed by atoms with Crippen LogP contribution in [0.3, 0.4) is 0 Å². The van der Waals surface area contributed by atoms with Crippen molar-refractivity contribution in [2.24, 2.45) is 0 Å². The minimum atomic E-state index is 0.420. The van der Waals surface area contributed by atoms with Crippen molar-refractivity contribution in [3.63, 3.8) is 0 Å². The van der Waals surface area contributed by atoms with Crippen molar-refractivity contribution in [2.45, 2.75) is 57.7 Å². The summed E-state index contributed by atoms with van der Waals surface area (Å²) in [6.45, 7) is 8.99. The average molecular weight is 226 g/mol. The molecule has 0 aromatic heterocycles. The number of piperidine rings is 1. The fourth-order valence-corrected chi connectivity index (χ4v) is 3.06. The Balaban J connectivity index is 1.84. The van der Waals surface area contributed by atoms with Gasteiger partial charge in [-0.05, 0) is 39.3 Å². The Bertz CT molecular complexity index is 204. The lowest BCUT2D eigenvalue weighted by atomic mass is 10.0. The molecule has 0 saturated carbocycles. The first-order chi connectivity index (χ1) is 7.81. The Labute approximate surface area is 99.5 Å². The second kappa shape index (κ2) is 5.99. The summed E-state index contributed by atoms with van der Waals surface area (Å²) in [5.41, 5.74) is 0. The molecule has 0 spiro atoms. The predicted octanol–water partition coefficient (Wildman–Crippen LogP) is 1.63. The number of ether oxygens (including phenoxy) is 1. The van der Waals surface area contributed by atoms with E-state index in [9.17, 15) is 0 Å². The van der Waals surface area contributed by atoms with Crippen molar-refractivity contribution >= 4 is 0 Å². The Morgan fingerprint density at radius 2 is 2.19 bits per heavy atom. The molecule has 0 aromatic rings. The van der Waals surface area contributed by atoms with Gasteiger partial charge in [0.1, 0.15) is 0 Å². The molecule has 0 aromatic carbocycles. The van der Waals surface area contributed by atoms with E-state index in [1.165, 1.54) is 38.8 Å². The number of rotatable bonds is 4. The number of hydrogen-bond donors (Lipinski definition) is 1. The summed E-state index contributed by atoms with van der Waals surface area (Å²) in [6.07, 6.45) is 5.72. The van der Waals surface area contributed by atoms with E-state index in [0.29, 0.717) is 18.2 Å². The van der Waals surface area contributed by atoms with Gasteiger partial charge in [-0.15, -0.1) is 0 Å². The van der Waals surface area contributed by atoms with Crippen LogP contribution < -0.4 is 5.32 Å². The first-order valence-corrected chi connectivity index (χ1v) is 6.90. The van der Waals surface area contributed by atoms with E-state index in [1.54, 1.807) is 0 Å². The molecule has 0 aliphatic carbocycles. The zero-order valence-corrected chi connectivity index (χ0v) is 10.7. The lowest BCUT2D eigenvalue weighted by Crippen LogP contribution is -2.49. The number of likely N-dealkylation sites (N-methyl/N-ethyl adjacent to an activating group) is 1.